The molecule has 0 aliphatic heterocycles. The Balaban J connectivity index is 3.51. The van der Waals surface area contributed by atoms with Gasteiger partial charge in [-0.2, -0.15) is 0 Å². The summed E-state index contributed by atoms with van der Waals surface area (Å²) >= 11 is 0. The summed E-state index contributed by atoms with van der Waals surface area (Å²) in [7, 11) is 0. The molecule has 90 valence electrons. The quantitative estimate of drug-likeness (QED) is 0.844. The second-order valence-corrected chi connectivity index (χ2v) is 4.02. The summed E-state index contributed by atoms with van der Waals surface area (Å²) < 4.78 is 5.73. The summed E-state index contributed by atoms with van der Waals surface area (Å²) in [5.74, 6) is 1.41. The highest BCUT2D eigenvalue weighted by atomic mass is 16.5. The zero-order chi connectivity index (χ0) is 12.3. The maximum absolute atomic E-state index is 10.1. The van der Waals surface area contributed by atoms with Crippen LogP contribution in [0.15, 0.2) is 0 Å². The Kier molecular flexibility index (Phi) is 4.22. The summed E-state index contributed by atoms with van der Waals surface area (Å²) in [5, 5.41) is 10.1. The number of phenolic OH excluding ortho intramolecular Hbond substituents is 1. The van der Waals surface area contributed by atoms with Crippen LogP contribution in [0.1, 0.15) is 43.0 Å². The van der Waals surface area contributed by atoms with Crippen molar-refractivity contribution in [2.45, 2.75) is 47.5 Å². The minimum atomic E-state index is 0.445. The monoisotopic (exact) mass is 222 g/mol. The van der Waals surface area contributed by atoms with Crippen molar-refractivity contribution < 1.29 is 9.84 Å². The normalized spacial score (nSPS) is 10.6. The van der Waals surface area contributed by atoms with Crippen molar-refractivity contribution in [2.75, 3.05) is 6.61 Å². The summed E-state index contributed by atoms with van der Waals surface area (Å²) in [6, 6.07) is 0. The van der Waals surface area contributed by atoms with E-state index < -0.39 is 0 Å². The third-order valence-electron chi connectivity index (χ3n) is 3.18. The van der Waals surface area contributed by atoms with Crippen molar-refractivity contribution in [3.63, 3.8) is 0 Å². The van der Waals surface area contributed by atoms with Gasteiger partial charge in [-0.15, -0.1) is 0 Å². The molecule has 1 aromatic rings. The lowest BCUT2D eigenvalue weighted by Gasteiger charge is -2.19. The highest BCUT2D eigenvalue weighted by Gasteiger charge is 2.17. The molecular formula is C14H22O2. The van der Waals surface area contributed by atoms with Gasteiger partial charge in [-0.3, -0.25) is 0 Å². The van der Waals surface area contributed by atoms with Crippen LogP contribution in [0.5, 0.6) is 11.5 Å². The number of hydrogen-bond donors (Lipinski definition) is 1. The summed E-state index contributed by atoms with van der Waals surface area (Å²) in [5.41, 5.74) is 4.20. The fourth-order valence-electron chi connectivity index (χ4n) is 2.18. The van der Waals surface area contributed by atoms with Crippen LogP contribution in [0.25, 0.3) is 0 Å². The average molecular weight is 222 g/mol. The van der Waals surface area contributed by atoms with Gasteiger partial charge in [0.15, 0.2) is 0 Å². The van der Waals surface area contributed by atoms with Gasteiger partial charge in [0, 0.05) is 11.1 Å². The lowest BCUT2D eigenvalue weighted by molar-refractivity contribution is 0.332. The molecular weight excluding hydrogens is 200 g/mol. The lowest BCUT2D eigenvalue weighted by Crippen LogP contribution is -2.04. The van der Waals surface area contributed by atoms with E-state index in [2.05, 4.69) is 13.8 Å². The molecule has 1 rings (SSSR count). The van der Waals surface area contributed by atoms with E-state index in [0.717, 1.165) is 40.8 Å². The topological polar surface area (TPSA) is 29.5 Å². The summed E-state index contributed by atoms with van der Waals surface area (Å²) in [4.78, 5) is 0. The van der Waals surface area contributed by atoms with Crippen molar-refractivity contribution in [1.29, 1.82) is 0 Å². The number of ether oxygens (including phenoxy) is 1. The van der Waals surface area contributed by atoms with E-state index in [1.807, 2.05) is 20.8 Å². The van der Waals surface area contributed by atoms with Crippen molar-refractivity contribution in [3.8, 4) is 11.5 Å². The van der Waals surface area contributed by atoms with Crippen LogP contribution in [-0.4, -0.2) is 11.7 Å². The number of aromatic hydroxyl groups is 1. The Hall–Kier alpha value is -1.18. The summed E-state index contributed by atoms with van der Waals surface area (Å²) in [6.45, 7) is 10.8. The van der Waals surface area contributed by atoms with Gasteiger partial charge in [-0.05, 0) is 44.7 Å². The molecule has 0 aliphatic carbocycles. The average Bonchev–Trinajstić information content (AvgIpc) is 2.29. The second kappa shape index (κ2) is 5.24. The molecule has 0 aliphatic rings. The molecule has 0 radical (unpaired) electrons. The molecule has 0 spiro atoms. The SMILES string of the molecule is CCOc1c(C)c(C)c(O)c(CC)c1CC. The number of benzene rings is 1. The molecule has 0 atom stereocenters. The number of hydrogen-bond acceptors (Lipinski definition) is 2. The van der Waals surface area contributed by atoms with E-state index in [0.29, 0.717) is 12.4 Å². The molecule has 16 heavy (non-hydrogen) atoms. The third kappa shape index (κ3) is 2.01. The van der Waals surface area contributed by atoms with Crippen LogP contribution in [0, 0.1) is 13.8 Å². The van der Waals surface area contributed by atoms with Gasteiger partial charge in [0.05, 0.1) is 6.61 Å². The minimum Gasteiger partial charge on any atom is -0.507 e. The predicted octanol–water partition coefficient (Wildman–Crippen LogP) is 3.53. The first kappa shape index (κ1) is 12.9. The maximum atomic E-state index is 10.1. The summed E-state index contributed by atoms with van der Waals surface area (Å²) in [6.07, 6.45) is 1.74. The van der Waals surface area contributed by atoms with Crippen LogP contribution >= 0.6 is 0 Å². The van der Waals surface area contributed by atoms with Gasteiger partial charge in [-0.1, -0.05) is 13.8 Å². The van der Waals surface area contributed by atoms with Crippen molar-refractivity contribution >= 4 is 0 Å². The molecule has 0 bridgehead atoms. The van der Waals surface area contributed by atoms with E-state index in [4.69, 9.17) is 4.74 Å². The highest BCUT2D eigenvalue weighted by molar-refractivity contribution is 5.57. The van der Waals surface area contributed by atoms with Crippen LogP contribution in [0.4, 0.5) is 0 Å². The standard InChI is InChI=1S/C14H22O2/c1-6-11-12(7-2)14(16-8-3)10(5)9(4)13(11)15/h15H,6-8H2,1-5H3. The van der Waals surface area contributed by atoms with Crippen LogP contribution < -0.4 is 4.74 Å². The number of rotatable bonds is 4. The Labute approximate surface area is 98.3 Å². The predicted molar refractivity (Wildman–Crippen MR) is 67.5 cm³/mol. The van der Waals surface area contributed by atoms with Crippen LogP contribution in [0.2, 0.25) is 0 Å². The van der Waals surface area contributed by atoms with Gasteiger partial charge >= 0.3 is 0 Å². The van der Waals surface area contributed by atoms with E-state index in [1.54, 1.807) is 0 Å². The Morgan fingerprint density at radius 1 is 0.938 bits per heavy atom. The van der Waals surface area contributed by atoms with Crippen molar-refractivity contribution in [2.24, 2.45) is 0 Å². The lowest BCUT2D eigenvalue weighted by atomic mass is 9.93. The molecule has 2 nitrogen and oxygen atoms in total. The Bertz CT molecular complexity index is 381. The molecule has 1 N–H and O–H groups in total. The molecule has 0 fully saturated rings. The molecule has 0 unspecified atom stereocenters. The largest absolute Gasteiger partial charge is 0.507 e. The first-order valence-electron chi connectivity index (χ1n) is 6.04. The van der Waals surface area contributed by atoms with E-state index in [-0.39, 0.29) is 0 Å². The van der Waals surface area contributed by atoms with Gasteiger partial charge in [0.25, 0.3) is 0 Å². The van der Waals surface area contributed by atoms with E-state index in [1.165, 1.54) is 0 Å². The molecule has 1 aromatic carbocycles. The maximum Gasteiger partial charge on any atom is 0.126 e. The van der Waals surface area contributed by atoms with Crippen molar-refractivity contribution in [1.82, 2.24) is 0 Å². The third-order valence-corrected chi connectivity index (χ3v) is 3.18. The van der Waals surface area contributed by atoms with Gasteiger partial charge in [-0.25, -0.2) is 0 Å². The fraction of sp³-hybridized carbons (Fsp3) is 0.571. The van der Waals surface area contributed by atoms with Gasteiger partial charge < -0.3 is 9.84 Å². The first-order chi connectivity index (χ1) is 7.58. The Morgan fingerprint density at radius 2 is 1.50 bits per heavy atom. The van der Waals surface area contributed by atoms with Gasteiger partial charge in [0.2, 0.25) is 0 Å². The molecule has 0 saturated carbocycles. The number of phenols is 1. The molecule has 2 heteroatoms. The zero-order valence-electron chi connectivity index (χ0n) is 11.0. The van der Waals surface area contributed by atoms with E-state index >= 15 is 0 Å². The fourth-order valence-corrected chi connectivity index (χ4v) is 2.18. The Morgan fingerprint density at radius 3 is 1.94 bits per heavy atom. The second-order valence-electron chi connectivity index (χ2n) is 4.02. The molecule has 0 heterocycles. The zero-order valence-corrected chi connectivity index (χ0v) is 11.0. The molecule has 0 saturated heterocycles. The van der Waals surface area contributed by atoms with Crippen molar-refractivity contribution in [3.05, 3.63) is 22.3 Å². The highest BCUT2D eigenvalue weighted by Crippen LogP contribution is 2.38. The van der Waals surface area contributed by atoms with E-state index in [9.17, 15) is 5.11 Å². The molecule has 0 aromatic heterocycles. The first-order valence-corrected chi connectivity index (χ1v) is 6.04. The molecule has 0 amide bonds. The van der Waals surface area contributed by atoms with Crippen LogP contribution in [-0.2, 0) is 12.8 Å². The van der Waals surface area contributed by atoms with Gasteiger partial charge in [0.1, 0.15) is 11.5 Å². The smallest absolute Gasteiger partial charge is 0.126 e. The minimum absolute atomic E-state index is 0.445. The van der Waals surface area contributed by atoms with Crippen LogP contribution in [0.3, 0.4) is 0 Å².